The van der Waals surface area contributed by atoms with E-state index in [1.165, 1.54) is 29.7 Å². The van der Waals surface area contributed by atoms with Gasteiger partial charge in [0.1, 0.15) is 11.5 Å². The number of furan rings is 1. The maximum Gasteiger partial charge on any atom is 0.573 e. The molecule has 26 heavy (non-hydrogen) atoms. The van der Waals surface area contributed by atoms with Crippen LogP contribution in [0.15, 0.2) is 64.6 Å². The second-order valence-corrected chi connectivity index (χ2v) is 6.42. The van der Waals surface area contributed by atoms with E-state index in [9.17, 15) is 18.0 Å². The number of ether oxygens (including phenoxy) is 1. The lowest BCUT2D eigenvalue weighted by atomic mass is 10.2. The second kappa shape index (κ2) is 7.65. The van der Waals surface area contributed by atoms with Crippen LogP contribution in [0.5, 0.6) is 5.75 Å². The average molecular weight is 381 g/mol. The van der Waals surface area contributed by atoms with Gasteiger partial charge in [0.05, 0.1) is 19.4 Å². The second-order valence-electron chi connectivity index (χ2n) is 5.39. The van der Waals surface area contributed by atoms with Gasteiger partial charge in [-0.1, -0.05) is 6.07 Å². The number of benzene rings is 1. The number of amides is 1. The number of carbonyl (C=O) groups excluding carboxylic acids is 1. The predicted molar refractivity (Wildman–Crippen MR) is 89.7 cm³/mol. The van der Waals surface area contributed by atoms with Crippen LogP contribution in [-0.2, 0) is 13.1 Å². The summed E-state index contributed by atoms with van der Waals surface area (Å²) in [6, 6.07) is 12.2. The summed E-state index contributed by atoms with van der Waals surface area (Å²) in [5.74, 6) is -0.0646. The zero-order chi connectivity index (χ0) is 18.6. The van der Waals surface area contributed by atoms with Crippen molar-refractivity contribution in [3.05, 3.63) is 76.4 Å². The topological polar surface area (TPSA) is 42.7 Å². The number of hydrogen-bond acceptors (Lipinski definition) is 4. The molecule has 0 aliphatic carbocycles. The van der Waals surface area contributed by atoms with Gasteiger partial charge in [-0.3, -0.25) is 4.79 Å². The highest BCUT2D eigenvalue weighted by Gasteiger charge is 2.31. The van der Waals surface area contributed by atoms with Crippen LogP contribution in [0.2, 0.25) is 0 Å². The molecule has 0 aliphatic heterocycles. The van der Waals surface area contributed by atoms with Gasteiger partial charge in [-0.05, 0) is 47.8 Å². The number of rotatable bonds is 6. The number of nitrogens with zero attached hydrogens (tertiary/aromatic N) is 1. The molecule has 4 nitrogen and oxygen atoms in total. The molecule has 0 aliphatic rings. The van der Waals surface area contributed by atoms with Gasteiger partial charge >= 0.3 is 6.36 Å². The molecule has 3 aromatic rings. The fourth-order valence-corrected chi connectivity index (χ4v) is 3.08. The van der Waals surface area contributed by atoms with Crippen LogP contribution in [0.3, 0.4) is 0 Å². The van der Waals surface area contributed by atoms with Crippen LogP contribution in [0, 0.1) is 0 Å². The van der Waals surface area contributed by atoms with E-state index in [1.54, 1.807) is 17.0 Å². The van der Waals surface area contributed by atoms with Crippen LogP contribution in [0.1, 0.15) is 21.0 Å². The Morgan fingerprint density at radius 3 is 2.42 bits per heavy atom. The molecule has 2 aromatic heterocycles. The minimum absolute atomic E-state index is 0.254. The first kappa shape index (κ1) is 18.1. The lowest BCUT2D eigenvalue weighted by molar-refractivity contribution is -0.274. The van der Waals surface area contributed by atoms with Crippen molar-refractivity contribution in [2.24, 2.45) is 0 Å². The molecule has 0 bridgehead atoms. The molecular weight excluding hydrogens is 367 g/mol. The summed E-state index contributed by atoms with van der Waals surface area (Å²) in [6.45, 7) is 0.628. The third kappa shape index (κ3) is 4.89. The Bertz CT molecular complexity index is 791. The van der Waals surface area contributed by atoms with Crippen molar-refractivity contribution in [3.8, 4) is 5.75 Å². The molecule has 0 saturated carbocycles. The van der Waals surface area contributed by atoms with Crippen LogP contribution < -0.4 is 4.74 Å². The summed E-state index contributed by atoms with van der Waals surface area (Å²) < 4.78 is 45.9. The van der Waals surface area contributed by atoms with Crippen LogP contribution in [0.4, 0.5) is 13.2 Å². The Morgan fingerprint density at radius 1 is 1.08 bits per heavy atom. The standard InChI is InChI=1S/C18H14F3NO3S/c19-18(20,21)25-14-7-5-13(6-8-14)17(23)22(11-15-3-1-9-24-15)12-16-4-2-10-26-16/h1-10H,11-12H2. The lowest BCUT2D eigenvalue weighted by Gasteiger charge is -2.21. The van der Waals surface area contributed by atoms with Crippen LogP contribution >= 0.6 is 11.3 Å². The van der Waals surface area contributed by atoms with Gasteiger partial charge in [-0.25, -0.2) is 0 Å². The molecule has 1 amide bonds. The highest BCUT2D eigenvalue weighted by atomic mass is 32.1. The molecule has 0 spiro atoms. The highest BCUT2D eigenvalue weighted by Crippen LogP contribution is 2.24. The van der Waals surface area contributed by atoms with E-state index in [-0.39, 0.29) is 23.8 Å². The summed E-state index contributed by atoms with van der Waals surface area (Å²) in [7, 11) is 0. The minimum atomic E-state index is -4.77. The van der Waals surface area contributed by atoms with Crippen LogP contribution in [0.25, 0.3) is 0 Å². The first-order chi connectivity index (χ1) is 12.4. The van der Waals surface area contributed by atoms with Gasteiger partial charge < -0.3 is 14.1 Å². The van der Waals surface area contributed by atoms with E-state index in [0.717, 1.165) is 17.0 Å². The molecule has 0 radical (unpaired) electrons. The van der Waals surface area contributed by atoms with Crippen molar-refractivity contribution < 1.29 is 27.1 Å². The minimum Gasteiger partial charge on any atom is -0.467 e. The lowest BCUT2D eigenvalue weighted by Crippen LogP contribution is -2.29. The molecule has 0 fully saturated rings. The summed E-state index contributed by atoms with van der Waals surface area (Å²) in [5, 5.41) is 1.91. The van der Waals surface area contributed by atoms with E-state index in [0.29, 0.717) is 12.3 Å². The van der Waals surface area contributed by atoms with E-state index >= 15 is 0 Å². The third-order valence-electron chi connectivity index (χ3n) is 3.48. The van der Waals surface area contributed by atoms with Crippen molar-refractivity contribution in [3.63, 3.8) is 0 Å². The third-order valence-corrected chi connectivity index (χ3v) is 4.34. The van der Waals surface area contributed by atoms with Crippen LogP contribution in [-0.4, -0.2) is 17.2 Å². The zero-order valence-electron chi connectivity index (χ0n) is 13.4. The summed E-state index contributed by atoms with van der Waals surface area (Å²) in [6.07, 6.45) is -3.25. The number of thiophene rings is 1. The molecule has 0 atom stereocenters. The summed E-state index contributed by atoms with van der Waals surface area (Å²) in [5.41, 5.74) is 0.266. The molecule has 1 aromatic carbocycles. The SMILES string of the molecule is O=C(c1ccc(OC(F)(F)F)cc1)N(Cc1ccco1)Cc1cccs1. The zero-order valence-corrected chi connectivity index (χ0v) is 14.2. The van der Waals surface area contributed by atoms with E-state index in [2.05, 4.69) is 4.74 Å². The van der Waals surface area contributed by atoms with E-state index < -0.39 is 6.36 Å². The Hall–Kier alpha value is -2.74. The van der Waals surface area contributed by atoms with Gasteiger partial charge in [-0.15, -0.1) is 24.5 Å². The monoisotopic (exact) mass is 381 g/mol. The van der Waals surface area contributed by atoms with Gasteiger partial charge in [0.25, 0.3) is 5.91 Å². The Morgan fingerprint density at radius 2 is 1.85 bits per heavy atom. The fraction of sp³-hybridized carbons (Fsp3) is 0.167. The maximum atomic E-state index is 12.8. The number of halogens is 3. The van der Waals surface area contributed by atoms with Crippen molar-refractivity contribution in [2.75, 3.05) is 0 Å². The van der Waals surface area contributed by atoms with Crippen molar-refractivity contribution in [1.82, 2.24) is 4.90 Å². The maximum absolute atomic E-state index is 12.8. The van der Waals surface area contributed by atoms with Gasteiger partial charge in [0.15, 0.2) is 0 Å². The van der Waals surface area contributed by atoms with Gasteiger partial charge in [0.2, 0.25) is 0 Å². The van der Waals surface area contributed by atoms with Crippen molar-refractivity contribution in [2.45, 2.75) is 19.5 Å². The van der Waals surface area contributed by atoms with Gasteiger partial charge in [-0.2, -0.15) is 0 Å². The van der Waals surface area contributed by atoms with Gasteiger partial charge in [0, 0.05) is 10.4 Å². The van der Waals surface area contributed by atoms with Crippen molar-refractivity contribution in [1.29, 1.82) is 0 Å². The van der Waals surface area contributed by atoms with Crippen molar-refractivity contribution >= 4 is 17.2 Å². The largest absolute Gasteiger partial charge is 0.573 e. The highest BCUT2D eigenvalue weighted by molar-refractivity contribution is 7.09. The molecule has 3 rings (SSSR count). The van der Waals surface area contributed by atoms with E-state index in [1.807, 2.05) is 17.5 Å². The van der Waals surface area contributed by atoms with E-state index in [4.69, 9.17) is 4.42 Å². The number of hydrogen-bond donors (Lipinski definition) is 0. The molecule has 136 valence electrons. The first-order valence-corrected chi connectivity index (χ1v) is 8.48. The Labute approximate surface area is 151 Å². The molecular formula is C18H14F3NO3S. The number of alkyl halides is 3. The quantitative estimate of drug-likeness (QED) is 0.598. The Balaban J connectivity index is 1.77. The fourth-order valence-electron chi connectivity index (χ4n) is 2.36. The molecule has 2 heterocycles. The predicted octanol–water partition coefficient (Wildman–Crippen LogP) is 5.08. The smallest absolute Gasteiger partial charge is 0.467 e. The summed E-state index contributed by atoms with van der Waals surface area (Å²) in [4.78, 5) is 15.4. The first-order valence-electron chi connectivity index (χ1n) is 7.60. The molecule has 8 heteroatoms. The molecule has 0 unspecified atom stereocenters. The molecule has 0 N–H and O–H groups in total. The molecule has 0 saturated heterocycles. The number of carbonyl (C=O) groups is 1. The normalized spacial score (nSPS) is 11.3. The summed E-state index contributed by atoms with van der Waals surface area (Å²) >= 11 is 1.52. The Kier molecular flexibility index (Phi) is 5.32. The average Bonchev–Trinajstić information content (AvgIpc) is 3.27.